The van der Waals surface area contributed by atoms with Crippen LogP contribution in [0.5, 0.6) is 0 Å². The first-order chi connectivity index (χ1) is 10.2. The summed E-state index contributed by atoms with van der Waals surface area (Å²) in [5.41, 5.74) is 1.77. The maximum Gasteiger partial charge on any atom is 0.264 e. The lowest BCUT2D eigenvalue weighted by Crippen LogP contribution is -2.28. The SMILES string of the molecule is Cc1nc(C)c(C)c(N[C@H]2C[C@H](O)[C@@H](COS(C)(=O)=O)O2)n1. The van der Waals surface area contributed by atoms with Gasteiger partial charge in [-0.3, -0.25) is 4.18 Å². The van der Waals surface area contributed by atoms with Crippen molar-refractivity contribution in [3.05, 3.63) is 17.1 Å². The molecule has 1 aliphatic heterocycles. The van der Waals surface area contributed by atoms with Gasteiger partial charge in [-0.05, 0) is 20.8 Å². The molecule has 0 aliphatic carbocycles. The zero-order valence-corrected chi connectivity index (χ0v) is 13.8. The Labute approximate surface area is 130 Å². The molecule has 1 fully saturated rings. The average Bonchev–Trinajstić information content (AvgIpc) is 2.72. The van der Waals surface area contributed by atoms with Gasteiger partial charge in [-0.2, -0.15) is 8.42 Å². The van der Waals surface area contributed by atoms with Crippen LogP contribution in [0.4, 0.5) is 5.82 Å². The number of aromatic nitrogens is 2. The quantitative estimate of drug-likeness (QED) is 0.740. The van der Waals surface area contributed by atoms with Gasteiger partial charge in [-0.25, -0.2) is 9.97 Å². The van der Waals surface area contributed by atoms with E-state index in [2.05, 4.69) is 19.5 Å². The summed E-state index contributed by atoms with van der Waals surface area (Å²) in [4.78, 5) is 8.59. The molecule has 22 heavy (non-hydrogen) atoms. The predicted molar refractivity (Wildman–Crippen MR) is 79.9 cm³/mol. The van der Waals surface area contributed by atoms with Crippen molar-refractivity contribution in [3.63, 3.8) is 0 Å². The van der Waals surface area contributed by atoms with Crippen LogP contribution in [0.15, 0.2) is 0 Å². The van der Waals surface area contributed by atoms with Crippen LogP contribution in [0.1, 0.15) is 23.5 Å². The standard InChI is InChI=1S/C13H21N3O5S/c1-7-8(2)14-9(3)15-13(7)16-12-5-10(17)11(21-12)6-20-22(4,18)19/h10-12,17H,5-6H2,1-4H3,(H,14,15,16)/t10-,11+,12+/m0/s1. The van der Waals surface area contributed by atoms with Crippen molar-refractivity contribution in [1.82, 2.24) is 9.97 Å². The van der Waals surface area contributed by atoms with Gasteiger partial charge >= 0.3 is 0 Å². The zero-order valence-electron chi connectivity index (χ0n) is 13.0. The average molecular weight is 331 g/mol. The van der Waals surface area contributed by atoms with Crippen LogP contribution in [-0.2, 0) is 19.0 Å². The van der Waals surface area contributed by atoms with Gasteiger partial charge in [-0.15, -0.1) is 0 Å². The first-order valence-corrected chi connectivity index (χ1v) is 8.73. The lowest BCUT2D eigenvalue weighted by molar-refractivity contribution is -0.00716. The highest BCUT2D eigenvalue weighted by Gasteiger charge is 2.35. The fraction of sp³-hybridized carbons (Fsp3) is 0.692. The van der Waals surface area contributed by atoms with E-state index in [0.29, 0.717) is 18.1 Å². The van der Waals surface area contributed by atoms with Crippen molar-refractivity contribution < 1.29 is 22.4 Å². The van der Waals surface area contributed by atoms with Crippen molar-refractivity contribution in [2.75, 3.05) is 18.2 Å². The van der Waals surface area contributed by atoms with E-state index in [1.165, 1.54) is 0 Å². The largest absolute Gasteiger partial charge is 0.390 e. The Bertz CT molecular complexity index is 649. The Kier molecular flexibility index (Phi) is 5.00. The van der Waals surface area contributed by atoms with Crippen LogP contribution in [-0.4, -0.2) is 54.8 Å². The van der Waals surface area contributed by atoms with E-state index in [9.17, 15) is 13.5 Å². The first-order valence-electron chi connectivity index (χ1n) is 6.92. The topological polar surface area (TPSA) is 111 Å². The maximum atomic E-state index is 11.0. The highest BCUT2D eigenvalue weighted by molar-refractivity contribution is 7.85. The molecular formula is C13H21N3O5S. The molecule has 1 aromatic heterocycles. The summed E-state index contributed by atoms with van der Waals surface area (Å²) in [6.45, 7) is 5.37. The lowest BCUT2D eigenvalue weighted by Gasteiger charge is -2.17. The molecule has 2 heterocycles. The van der Waals surface area contributed by atoms with Crippen molar-refractivity contribution in [3.8, 4) is 0 Å². The minimum atomic E-state index is -3.56. The van der Waals surface area contributed by atoms with Crippen LogP contribution in [0.2, 0.25) is 0 Å². The third kappa shape index (κ3) is 4.35. The summed E-state index contributed by atoms with van der Waals surface area (Å²) in [7, 11) is -3.56. The van der Waals surface area contributed by atoms with Crippen LogP contribution >= 0.6 is 0 Å². The molecule has 1 aliphatic rings. The van der Waals surface area contributed by atoms with Gasteiger partial charge in [0.1, 0.15) is 24.0 Å². The second-order valence-corrected chi connectivity index (χ2v) is 7.07. The summed E-state index contributed by atoms with van der Waals surface area (Å²) in [5.74, 6) is 1.29. The molecule has 0 aromatic carbocycles. The van der Waals surface area contributed by atoms with Crippen LogP contribution in [0.3, 0.4) is 0 Å². The summed E-state index contributed by atoms with van der Waals surface area (Å²) >= 11 is 0. The molecule has 0 saturated carbocycles. The predicted octanol–water partition coefficient (Wildman–Crippen LogP) is 0.266. The van der Waals surface area contributed by atoms with Crippen LogP contribution < -0.4 is 5.32 Å². The molecule has 9 heteroatoms. The number of hydrogen-bond acceptors (Lipinski definition) is 8. The van der Waals surface area contributed by atoms with E-state index in [0.717, 1.165) is 17.5 Å². The summed E-state index contributed by atoms with van der Waals surface area (Å²) in [6.07, 6.45) is -0.685. The van der Waals surface area contributed by atoms with Gasteiger partial charge in [0.05, 0.1) is 19.0 Å². The zero-order chi connectivity index (χ0) is 16.5. The third-order valence-corrected chi connectivity index (χ3v) is 4.03. The summed E-state index contributed by atoms with van der Waals surface area (Å²) in [5, 5.41) is 13.1. The van der Waals surface area contributed by atoms with Gasteiger partial charge in [0.2, 0.25) is 0 Å². The number of hydrogen-bond donors (Lipinski definition) is 2. The summed E-state index contributed by atoms with van der Waals surface area (Å²) < 4.78 is 32.3. The number of aliphatic hydroxyl groups excluding tert-OH is 1. The molecule has 0 amide bonds. The first kappa shape index (κ1) is 17.1. The number of aryl methyl sites for hydroxylation is 2. The number of anilines is 1. The maximum absolute atomic E-state index is 11.0. The Morgan fingerprint density at radius 2 is 2.05 bits per heavy atom. The number of ether oxygens (including phenoxy) is 1. The van der Waals surface area contributed by atoms with Gasteiger partial charge in [0, 0.05) is 17.7 Å². The molecule has 0 bridgehead atoms. The molecule has 0 spiro atoms. The molecule has 1 aromatic rings. The normalized spacial score (nSPS) is 25.4. The van der Waals surface area contributed by atoms with Crippen molar-refractivity contribution >= 4 is 15.9 Å². The second-order valence-electron chi connectivity index (χ2n) is 5.43. The van der Waals surface area contributed by atoms with Crippen LogP contribution in [0.25, 0.3) is 0 Å². The third-order valence-electron chi connectivity index (χ3n) is 3.47. The minimum Gasteiger partial charge on any atom is -0.390 e. The molecule has 124 valence electrons. The number of nitrogens with zero attached hydrogens (tertiary/aromatic N) is 2. The smallest absolute Gasteiger partial charge is 0.264 e. The highest BCUT2D eigenvalue weighted by Crippen LogP contribution is 2.24. The molecule has 8 nitrogen and oxygen atoms in total. The van der Waals surface area contributed by atoms with Gasteiger partial charge < -0.3 is 15.2 Å². The highest BCUT2D eigenvalue weighted by atomic mass is 32.2. The number of rotatable bonds is 5. The van der Waals surface area contributed by atoms with Gasteiger partial charge in [-0.1, -0.05) is 0 Å². The van der Waals surface area contributed by atoms with E-state index in [1.54, 1.807) is 6.92 Å². The van der Waals surface area contributed by atoms with Crippen molar-refractivity contribution in [2.45, 2.75) is 45.6 Å². The van der Waals surface area contributed by atoms with Crippen molar-refractivity contribution in [2.24, 2.45) is 0 Å². The van der Waals surface area contributed by atoms with E-state index in [-0.39, 0.29) is 6.61 Å². The fourth-order valence-electron chi connectivity index (χ4n) is 2.22. The van der Waals surface area contributed by atoms with Crippen molar-refractivity contribution in [1.29, 1.82) is 0 Å². The lowest BCUT2D eigenvalue weighted by atomic mass is 10.2. The fourth-order valence-corrected chi connectivity index (χ4v) is 2.61. The Balaban J connectivity index is 2.01. The molecule has 1 saturated heterocycles. The number of aliphatic hydroxyl groups is 1. The molecule has 2 rings (SSSR count). The minimum absolute atomic E-state index is 0.209. The van der Waals surface area contributed by atoms with E-state index < -0.39 is 28.6 Å². The molecule has 3 atom stereocenters. The molecule has 0 unspecified atom stereocenters. The van der Waals surface area contributed by atoms with Gasteiger partial charge in [0.25, 0.3) is 10.1 Å². The Hall–Kier alpha value is -1.29. The van der Waals surface area contributed by atoms with E-state index >= 15 is 0 Å². The van der Waals surface area contributed by atoms with Gasteiger partial charge in [0.15, 0.2) is 0 Å². The molecular weight excluding hydrogens is 310 g/mol. The Morgan fingerprint density at radius 3 is 2.68 bits per heavy atom. The second kappa shape index (κ2) is 6.45. The molecule has 2 N–H and O–H groups in total. The monoisotopic (exact) mass is 331 g/mol. The van der Waals surface area contributed by atoms with E-state index in [4.69, 9.17) is 4.74 Å². The summed E-state index contributed by atoms with van der Waals surface area (Å²) in [6, 6.07) is 0. The van der Waals surface area contributed by atoms with Crippen LogP contribution in [0, 0.1) is 20.8 Å². The number of nitrogens with one attached hydrogen (secondary N) is 1. The van der Waals surface area contributed by atoms with E-state index in [1.807, 2.05) is 13.8 Å². The molecule has 0 radical (unpaired) electrons. The Morgan fingerprint density at radius 1 is 1.36 bits per heavy atom.